The highest BCUT2D eigenvalue weighted by Crippen LogP contribution is 2.29. The van der Waals surface area contributed by atoms with Gasteiger partial charge in [-0.25, -0.2) is 0 Å². The number of benzene rings is 1. The largest absolute Gasteiger partial charge is 0.489 e. The van der Waals surface area contributed by atoms with Crippen molar-refractivity contribution in [1.82, 2.24) is 5.32 Å². The molecule has 1 aromatic carbocycles. The predicted octanol–water partition coefficient (Wildman–Crippen LogP) is 3.46. The number of ether oxygens (including phenoxy) is 1. The maximum Gasteiger partial charge on any atom is 0.122 e. The van der Waals surface area contributed by atoms with E-state index in [0.29, 0.717) is 12.1 Å². The third-order valence-electron chi connectivity index (χ3n) is 4.05. The first-order valence-corrected chi connectivity index (χ1v) is 7.01. The molecular formula is C16H25NO. The summed E-state index contributed by atoms with van der Waals surface area (Å²) in [4.78, 5) is 0. The van der Waals surface area contributed by atoms with Crippen LogP contribution in [-0.2, 0) is 0 Å². The summed E-state index contributed by atoms with van der Waals surface area (Å²) in [5.41, 5.74) is 2.49. The van der Waals surface area contributed by atoms with Crippen molar-refractivity contribution in [3.63, 3.8) is 0 Å². The molecule has 0 aliphatic heterocycles. The Morgan fingerprint density at radius 3 is 2.72 bits per heavy atom. The van der Waals surface area contributed by atoms with E-state index in [1.54, 1.807) is 0 Å². The molecule has 1 N–H and O–H groups in total. The molecule has 0 bridgehead atoms. The van der Waals surface area contributed by atoms with Gasteiger partial charge in [0.1, 0.15) is 11.9 Å². The summed E-state index contributed by atoms with van der Waals surface area (Å²) in [5.74, 6) is 1.82. The lowest BCUT2D eigenvalue weighted by molar-refractivity contribution is 0.0937. The van der Waals surface area contributed by atoms with Crippen LogP contribution in [0.15, 0.2) is 18.2 Å². The van der Waals surface area contributed by atoms with Gasteiger partial charge in [0.25, 0.3) is 0 Å². The zero-order valence-electron chi connectivity index (χ0n) is 12.0. The first-order chi connectivity index (χ1) is 8.60. The summed E-state index contributed by atoms with van der Waals surface area (Å²) in [7, 11) is 2.04. The molecule has 1 aliphatic rings. The molecule has 1 aromatic rings. The number of aryl methyl sites for hydroxylation is 2. The molecule has 0 amide bonds. The van der Waals surface area contributed by atoms with Crippen LogP contribution in [0.3, 0.4) is 0 Å². The lowest BCUT2D eigenvalue weighted by Gasteiger charge is -2.35. The first kappa shape index (κ1) is 13.4. The monoisotopic (exact) mass is 247 g/mol. The van der Waals surface area contributed by atoms with Gasteiger partial charge in [0.15, 0.2) is 0 Å². The van der Waals surface area contributed by atoms with Gasteiger partial charge in [0.05, 0.1) is 0 Å². The Balaban J connectivity index is 2.12. The van der Waals surface area contributed by atoms with Crippen molar-refractivity contribution in [3.05, 3.63) is 29.3 Å². The third-order valence-corrected chi connectivity index (χ3v) is 4.05. The fourth-order valence-corrected chi connectivity index (χ4v) is 2.79. The van der Waals surface area contributed by atoms with Crippen molar-refractivity contribution in [1.29, 1.82) is 0 Å². The zero-order chi connectivity index (χ0) is 13.1. The zero-order valence-corrected chi connectivity index (χ0v) is 12.0. The molecule has 3 unspecified atom stereocenters. The van der Waals surface area contributed by atoms with Gasteiger partial charge in [-0.3, -0.25) is 0 Å². The highest BCUT2D eigenvalue weighted by Gasteiger charge is 2.29. The molecule has 3 atom stereocenters. The van der Waals surface area contributed by atoms with E-state index in [9.17, 15) is 0 Å². The van der Waals surface area contributed by atoms with Crippen LogP contribution in [0.25, 0.3) is 0 Å². The van der Waals surface area contributed by atoms with Crippen molar-refractivity contribution in [3.8, 4) is 5.75 Å². The molecule has 1 saturated carbocycles. The van der Waals surface area contributed by atoms with E-state index in [4.69, 9.17) is 4.74 Å². The lowest BCUT2D eigenvalue weighted by Crippen LogP contribution is -2.45. The summed E-state index contributed by atoms with van der Waals surface area (Å²) in [6.45, 7) is 6.56. The summed E-state index contributed by atoms with van der Waals surface area (Å²) in [5, 5.41) is 3.40. The van der Waals surface area contributed by atoms with Crippen LogP contribution in [0.1, 0.15) is 37.3 Å². The highest BCUT2D eigenvalue weighted by molar-refractivity contribution is 5.36. The van der Waals surface area contributed by atoms with Crippen LogP contribution < -0.4 is 10.1 Å². The number of hydrogen-bond donors (Lipinski definition) is 1. The van der Waals surface area contributed by atoms with Crippen molar-refractivity contribution in [2.75, 3.05) is 7.05 Å². The topological polar surface area (TPSA) is 21.3 Å². The Hall–Kier alpha value is -1.02. The Kier molecular flexibility index (Phi) is 4.28. The molecule has 0 saturated heterocycles. The van der Waals surface area contributed by atoms with Gasteiger partial charge >= 0.3 is 0 Å². The number of likely N-dealkylation sites (N-methyl/N-ethyl adjacent to an activating group) is 1. The van der Waals surface area contributed by atoms with Crippen molar-refractivity contribution < 1.29 is 4.74 Å². The molecule has 2 heteroatoms. The quantitative estimate of drug-likeness (QED) is 0.883. The second kappa shape index (κ2) is 5.75. The molecule has 0 spiro atoms. The van der Waals surface area contributed by atoms with E-state index in [2.05, 4.69) is 44.3 Å². The number of rotatable bonds is 3. The fourth-order valence-electron chi connectivity index (χ4n) is 2.79. The molecule has 1 fully saturated rings. The summed E-state index contributed by atoms with van der Waals surface area (Å²) < 4.78 is 6.28. The van der Waals surface area contributed by atoms with Crippen molar-refractivity contribution in [2.24, 2.45) is 5.92 Å². The van der Waals surface area contributed by atoms with Crippen LogP contribution in [0.5, 0.6) is 5.75 Å². The SMILES string of the molecule is CNC1CCC(C)CC1Oc1cc(C)ccc1C. The van der Waals surface area contributed by atoms with Gasteiger partial charge < -0.3 is 10.1 Å². The van der Waals surface area contributed by atoms with Gasteiger partial charge in [0, 0.05) is 6.04 Å². The average Bonchev–Trinajstić information content (AvgIpc) is 2.34. The number of hydrogen-bond acceptors (Lipinski definition) is 2. The normalized spacial score (nSPS) is 28.1. The first-order valence-electron chi connectivity index (χ1n) is 7.01. The fraction of sp³-hybridized carbons (Fsp3) is 0.625. The average molecular weight is 247 g/mol. The van der Waals surface area contributed by atoms with Gasteiger partial charge in [-0.05, 0) is 63.3 Å². The Labute approximate surface area is 111 Å². The van der Waals surface area contributed by atoms with E-state index < -0.39 is 0 Å². The van der Waals surface area contributed by atoms with Crippen LogP contribution in [0, 0.1) is 19.8 Å². The highest BCUT2D eigenvalue weighted by atomic mass is 16.5. The minimum absolute atomic E-state index is 0.305. The van der Waals surface area contributed by atoms with Crippen molar-refractivity contribution in [2.45, 2.75) is 52.2 Å². The molecule has 0 aromatic heterocycles. The maximum absolute atomic E-state index is 6.28. The lowest BCUT2D eigenvalue weighted by atomic mass is 9.85. The smallest absolute Gasteiger partial charge is 0.122 e. The predicted molar refractivity (Wildman–Crippen MR) is 76.2 cm³/mol. The minimum Gasteiger partial charge on any atom is -0.489 e. The molecule has 18 heavy (non-hydrogen) atoms. The van der Waals surface area contributed by atoms with Gasteiger partial charge in [0.2, 0.25) is 0 Å². The molecule has 2 nitrogen and oxygen atoms in total. The molecule has 0 radical (unpaired) electrons. The molecule has 0 heterocycles. The number of nitrogens with one attached hydrogen (secondary N) is 1. The second-order valence-corrected chi connectivity index (χ2v) is 5.74. The van der Waals surface area contributed by atoms with Gasteiger partial charge in [-0.2, -0.15) is 0 Å². The summed E-state index contributed by atoms with van der Waals surface area (Å²) in [6, 6.07) is 6.93. The maximum atomic E-state index is 6.28. The van der Waals surface area contributed by atoms with Gasteiger partial charge in [-0.15, -0.1) is 0 Å². The van der Waals surface area contributed by atoms with Crippen LogP contribution in [0.2, 0.25) is 0 Å². The standard InChI is InChI=1S/C16H25NO/c1-11-5-7-13(3)15(9-11)18-16-10-12(2)6-8-14(16)17-4/h5,7,9,12,14,16-17H,6,8,10H2,1-4H3. The minimum atomic E-state index is 0.305. The van der Waals surface area contributed by atoms with E-state index in [-0.39, 0.29) is 0 Å². The van der Waals surface area contributed by atoms with E-state index >= 15 is 0 Å². The van der Waals surface area contributed by atoms with Crippen LogP contribution in [0.4, 0.5) is 0 Å². The Bertz CT molecular complexity index is 402. The molecule has 100 valence electrons. The summed E-state index contributed by atoms with van der Waals surface area (Å²) in [6.07, 6.45) is 3.98. The Morgan fingerprint density at radius 2 is 2.00 bits per heavy atom. The molecular weight excluding hydrogens is 222 g/mol. The van der Waals surface area contributed by atoms with E-state index in [1.165, 1.54) is 24.0 Å². The second-order valence-electron chi connectivity index (χ2n) is 5.74. The van der Waals surface area contributed by atoms with Gasteiger partial charge in [-0.1, -0.05) is 19.1 Å². The van der Waals surface area contributed by atoms with E-state index in [0.717, 1.165) is 18.1 Å². The Morgan fingerprint density at radius 1 is 1.22 bits per heavy atom. The van der Waals surface area contributed by atoms with Crippen LogP contribution in [-0.4, -0.2) is 19.2 Å². The summed E-state index contributed by atoms with van der Waals surface area (Å²) >= 11 is 0. The molecule has 1 aliphatic carbocycles. The molecule has 2 rings (SSSR count). The van der Waals surface area contributed by atoms with Crippen LogP contribution >= 0.6 is 0 Å². The van der Waals surface area contributed by atoms with Crippen molar-refractivity contribution >= 4 is 0 Å². The van der Waals surface area contributed by atoms with E-state index in [1.807, 2.05) is 7.05 Å². The third kappa shape index (κ3) is 3.05.